The van der Waals surface area contributed by atoms with Gasteiger partial charge in [-0.15, -0.1) is 0 Å². The predicted molar refractivity (Wildman–Crippen MR) is 74.9 cm³/mol. The van der Waals surface area contributed by atoms with Gasteiger partial charge in [0.1, 0.15) is 5.82 Å². The summed E-state index contributed by atoms with van der Waals surface area (Å²) in [4.78, 5) is 6.79. The van der Waals surface area contributed by atoms with Gasteiger partial charge in [-0.05, 0) is 33.9 Å². The fourth-order valence-electron chi connectivity index (χ4n) is 1.32. The first-order chi connectivity index (χ1) is 8.00. The van der Waals surface area contributed by atoms with E-state index in [4.69, 9.17) is 0 Å². The summed E-state index contributed by atoms with van der Waals surface area (Å²) in [6, 6.07) is 0.615. The molecule has 1 aromatic rings. The van der Waals surface area contributed by atoms with Crippen LogP contribution in [0, 0.1) is 0 Å². The maximum absolute atomic E-state index is 4.44. The largest absolute Gasteiger partial charge is 0.360 e. The molecule has 5 heteroatoms. The van der Waals surface area contributed by atoms with E-state index in [-0.39, 0.29) is 0 Å². The molecule has 0 amide bonds. The van der Waals surface area contributed by atoms with Crippen LogP contribution in [-0.2, 0) is 0 Å². The third kappa shape index (κ3) is 5.00. The average molecular weight is 256 g/mol. The molecular weight excluding hydrogens is 232 g/mol. The second-order valence-electron chi connectivity index (χ2n) is 4.97. The van der Waals surface area contributed by atoms with Gasteiger partial charge in [0.15, 0.2) is 0 Å². The fourth-order valence-corrected chi connectivity index (χ4v) is 2.06. The Morgan fingerprint density at radius 1 is 1.29 bits per heavy atom. The van der Waals surface area contributed by atoms with Crippen LogP contribution in [0.2, 0.25) is 0 Å². The van der Waals surface area contributed by atoms with Gasteiger partial charge < -0.3 is 10.2 Å². The van der Waals surface area contributed by atoms with Crippen molar-refractivity contribution in [1.82, 2.24) is 14.3 Å². The Bertz CT molecular complexity index is 322. The number of rotatable bonds is 7. The van der Waals surface area contributed by atoms with Crippen molar-refractivity contribution in [3.8, 4) is 0 Å². The summed E-state index contributed by atoms with van der Waals surface area (Å²) < 4.78 is 4.32. The van der Waals surface area contributed by atoms with Crippen LogP contribution in [0.15, 0.2) is 0 Å². The molecule has 0 aliphatic heterocycles. The zero-order chi connectivity index (χ0) is 12.8. The van der Waals surface area contributed by atoms with Gasteiger partial charge >= 0.3 is 0 Å². The van der Waals surface area contributed by atoms with Gasteiger partial charge in [0.2, 0.25) is 5.13 Å². The van der Waals surface area contributed by atoms with E-state index < -0.39 is 0 Å². The molecule has 0 radical (unpaired) electrons. The minimum absolute atomic E-state index is 0.411. The Balaban J connectivity index is 2.22. The Morgan fingerprint density at radius 2 is 2.00 bits per heavy atom. The lowest BCUT2D eigenvalue weighted by atomic mass is 10.2. The SMILES string of the molecule is CC(C)c1nsc(NCCCN(C)C(C)C)n1. The van der Waals surface area contributed by atoms with Crippen LogP contribution in [0.3, 0.4) is 0 Å². The Morgan fingerprint density at radius 3 is 2.53 bits per heavy atom. The quantitative estimate of drug-likeness (QED) is 0.762. The van der Waals surface area contributed by atoms with E-state index >= 15 is 0 Å². The van der Waals surface area contributed by atoms with Crippen molar-refractivity contribution >= 4 is 16.7 Å². The lowest BCUT2D eigenvalue weighted by molar-refractivity contribution is 0.273. The van der Waals surface area contributed by atoms with Crippen LogP contribution in [0.4, 0.5) is 5.13 Å². The van der Waals surface area contributed by atoms with Crippen molar-refractivity contribution in [3.63, 3.8) is 0 Å². The van der Waals surface area contributed by atoms with Crippen molar-refractivity contribution in [3.05, 3.63) is 5.82 Å². The van der Waals surface area contributed by atoms with E-state index in [9.17, 15) is 0 Å². The molecule has 0 unspecified atom stereocenters. The molecule has 0 aliphatic carbocycles. The van der Waals surface area contributed by atoms with Crippen LogP contribution in [0.5, 0.6) is 0 Å². The molecule has 17 heavy (non-hydrogen) atoms. The van der Waals surface area contributed by atoms with Crippen LogP contribution in [0.25, 0.3) is 0 Å². The topological polar surface area (TPSA) is 41.1 Å². The lowest BCUT2D eigenvalue weighted by Crippen LogP contribution is -2.28. The van der Waals surface area contributed by atoms with Crippen molar-refractivity contribution in [2.45, 2.75) is 46.1 Å². The first-order valence-corrected chi connectivity index (χ1v) is 7.05. The Labute approximate surface area is 109 Å². The molecule has 0 atom stereocenters. The molecule has 1 heterocycles. The van der Waals surface area contributed by atoms with E-state index in [0.29, 0.717) is 12.0 Å². The number of hydrogen-bond donors (Lipinski definition) is 1. The molecular formula is C12H24N4S. The molecule has 1 N–H and O–H groups in total. The lowest BCUT2D eigenvalue weighted by Gasteiger charge is -2.20. The number of anilines is 1. The van der Waals surface area contributed by atoms with Crippen molar-refractivity contribution < 1.29 is 0 Å². The standard InChI is InChI=1S/C12H24N4S/c1-9(2)11-14-12(17-15-11)13-7-6-8-16(5)10(3)4/h9-10H,6-8H2,1-5H3,(H,13,14,15). The van der Waals surface area contributed by atoms with Crippen LogP contribution in [-0.4, -0.2) is 40.4 Å². The molecule has 0 fully saturated rings. The van der Waals surface area contributed by atoms with E-state index in [0.717, 1.165) is 30.5 Å². The number of nitrogens with one attached hydrogen (secondary N) is 1. The molecule has 0 aliphatic rings. The van der Waals surface area contributed by atoms with Gasteiger partial charge in [0.05, 0.1) is 0 Å². The second-order valence-corrected chi connectivity index (χ2v) is 5.72. The van der Waals surface area contributed by atoms with Crippen LogP contribution < -0.4 is 5.32 Å². The summed E-state index contributed by atoms with van der Waals surface area (Å²) in [7, 11) is 2.16. The minimum atomic E-state index is 0.411. The molecule has 4 nitrogen and oxygen atoms in total. The highest BCUT2D eigenvalue weighted by Crippen LogP contribution is 2.16. The van der Waals surface area contributed by atoms with Gasteiger partial charge in [-0.2, -0.15) is 4.37 Å². The molecule has 0 bridgehead atoms. The summed E-state index contributed by atoms with van der Waals surface area (Å²) in [5, 5.41) is 4.28. The normalized spacial score (nSPS) is 11.8. The Kier molecular flexibility index (Phi) is 5.85. The van der Waals surface area contributed by atoms with Crippen LogP contribution >= 0.6 is 11.5 Å². The zero-order valence-electron chi connectivity index (χ0n) is 11.5. The van der Waals surface area contributed by atoms with Gasteiger partial charge in [0.25, 0.3) is 0 Å². The summed E-state index contributed by atoms with van der Waals surface area (Å²) in [5.74, 6) is 1.35. The molecule has 98 valence electrons. The molecule has 1 rings (SSSR count). The van der Waals surface area contributed by atoms with Gasteiger partial charge in [0, 0.05) is 30.0 Å². The van der Waals surface area contributed by atoms with Gasteiger partial charge in [-0.1, -0.05) is 13.8 Å². The van der Waals surface area contributed by atoms with E-state index in [1.54, 1.807) is 0 Å². The van der Waals surface area contributed by atoms with E-state index in [1.807, 2.05) is 0 Å². The zero-order valence-corrected chi connectivity index (χ0v) is 12.3. The number of aromatic nitrogens is 2. The third-order valence-electron chi connectivity index (χ3n) is 2.80. The molecule has 0 aromatic carbocycles. The number of nitrogens with zero attached hydrogens (tertiary/aromatic N) is 3. The average Bonchev–Trinajstić information content (AvgIpc) is 2.72. The summed E-state index contributed by atoms with van der Waals surface area (Å²) in [5.41, 5.74) is 0. The van der Waals surface area contributed by atoms with Gasteiger partial charge in [-0.3, -0.25) is 0 Å². The maximum Gasteiger partial charge on any atom is 0.202 e. The maximum atomic E-state index is 4.44. The second kappa shape index (κ2) is 6.91. The van der Waals surface area contributed by atoms with Crippen molar-refractivity contribution in [2.24, 2.45) is 0 Å². The highest BCUT2D eigenvalue weighted by atomic mass is 32.1. The predicted octanol–water partition coefficient (Wildman–Crippen LogP) is 2.80. The molecule has 0 saturated heterocycles. The fraction of sp³-hybridized carbons (Fsp3) is 0.833. The van der Waals surface area contributed by atoms with Gasteiger partial charge in [-0.25, -0.2) is 4.98 Å². The smallest absolute Gasteiger partial charge is 0.202 e. The number of hydrogen-bond acceptors (Lipinski definition) is 5. The summed E-state index contributed by atoms with van der Waals surface area (Å²) in [6.45, 7) is 10.7. The van der Waals surface area contributed by atoms with Crippen LogP contribution in [0.1, 0.15) is 45.9 Å². The Hall–Kier alpha value is -0.680. The van der Waals surface area contributed by atoms with E-state index in [1.165, 1.54) is 11.5 Å². The highest BCUT2D eigenvalue weighted by molar-refractivity contribution is 7.09. The summed E-state index contributed by atoms with van der Waals surface area (Å²) >= 11 is 1.46. The van der Waals surface area contributed by atoms with E-state index in [2.05, 4.69) is 54.3 Å². The third-order valence-corrected chi connectivity index (χ3v) is 3.49. The highest BCUT2D eigenvalue weighted by Gasteiger charge is 2.07. The van der Waals surface area contributed by atoms with Crippen molar-refractivity contribution in [1.29, 1.82) is 0 Å². The first kappa shape index (κ1) is 14.4. The first-order valence-electron chi connectivity index (χ1n) is 6.28. The van der Waals surface area contributed by atoms with Crippen molar-refractivity contribution in [2.75, 3.05) is 25.5 Å². The summed E-state index contributed by atoms with van der Waals surface area (Å²) in [6.07, 6.45) is 1.13. The molecule has 0 saturated carbocycles. The monoisotopic (exact) mass is 256 g/mol. The molecule has 0 spiro atoms. The molecule has 1 aromatic heterocycles. The minimum Gasteiger partial charge on any atom is -0.360 e.